The van der Waals surface area contributed by atoms with Crippen molar-refractivity contribution in [3.8, 4) is 16.9 Å². The van der Waals surface area contributed by atoms with E-state index in [1.165, 1.54) is 10.7 Å². The molecule has 2 aliphatic rings. The quantitative estimate of drug-likeness (QED) is 0.623. The van der Waals surface area contributed by atoms with Gasteiger partial charge in [0.2, 0.25) is 0 Å². The Hall–Kier alpha value is -3.17. The minimum Gasteiger partial charge on any atom is -0.347 e. The van der Waals surface area contributed by atoms with Crippen molar-refractivity contribution in [2.75, 3.05) is 19.7 Å². The molecule has 1 unspecified atom stereocenters. The molecule has 2 fully saturated rings. The van der Waals surface area contributed by atoms with Gasteiger partial charge in [-0.15, -0.1) is 0 Å². The van der Waals surface area contributed by atoms with Crippen LogP contribution in [0, 0.1) is 11.6 Å². The maximum Gasteiger partial charge on any atom is 0.274 e. The fraction of sp³-hybridized carbons (Fsp3) is 0.348. The van der Waals surface area contributed by atoms with E-state index in [9.17, 15) is 13.6 Å². The van der Waals surface area contributed by atoms with E-state index in [1.54, 1.807) is 35.5 Å². The Morgan fingerprint density at radius 3 is 2.50 bits per heavy atom. The third-order valence-electron chi connectivity index (χ3n) is 5.86. The maximum absolute atomic E-state index is 13.9. The number of hydrogen-bond acceptors (Lipinski definition) is 5. The first-order valence-corrected chi connectivity index (χ1v) is 10.5. The molecule has 0 bridgehead atoms. The second-order valence-electron chi connectivity index (χ2n) is 8.10. The highest BCUT2D eigenvalue weighted by Crippen LogP contribution is 2.34. The number of benzene rings is 1. The van der Waals surface area contributed by atoms with Crippen molar-refractivity contribution < 1.29 is 23.0 Å². The van der Waals surface area contributed by atoms with Gasteiger partial charge in [0.15, 0.2) is 23.1 Å². The molecule has 2 saturated heterocycles. The molecular formula is C23H22F2N4O3. The SMILES string of the molecule is CC1COC2(CCN(C(=O)c3cc(-c4ccncc4)n(-c4ccc(F)c(F)c4)n3)CC2)O1. The van der Waals surface area contributed by atoms with Crippen molar-refractivity contribution in [3.63, 3.8) is 0 Å². The second-order valence-corrected chi connectivity index (χ2v) is 8.10. The van der Waals surface area contributed by atoms with E-state index in [-0.39, 0.29) is 17.7 Å². The number of carbonyl (C=O) groups excluding carboxylic acids is 1. The molecule has 1 aromatic carbocycles. The summed E-state index contributed by atoms with van der Waals surface area (Å²) in [5.74, 6) is -2.78. The third-order valence-corrected chi connectivity index (χ3v) is 5.86. The summed E-state index contributed by atoms with van der Waals surface area (Å²) in [5, 5.41) is 4.46. The molecule has 1 amide bonds. The zero-order chi connectivity index (χ0) is 22.3. The lowest BCUT2D eigenvalue weighted by Crippen LogP contribution is -2.47. The molecule has 5 rings (SSSR count). The molecule has 1 atom stereocenters. The van der Waals surface area contributed by atoms with E-state index < -0.39 is 17.4 Å². The fourth-order valence-corrected chi connectivity index (χ4v) is 4.21. The molecule has 32 heavy (non-hydrogen) atoms. The molecule has 1 spiro atoms. The Kier molecular flexibility index (Phi) is 5.22. The lowest BCUT2D eigenvalue weighted by Gasteiger charge is -2.37. The van der Waals surface area contributed by atoms with E-state index >= 15 is 0 Å². The summed E-state index contributed by atoms with van der Waals surface area (Å²) >= 11 is 0. The number of halogens is 2. The van der Waals surface area contributed by atoms with E-state index in [2.05, 4.69) is 10.1 Å². The van der Waals surface area contributed by atoms with Crippen LogP contribution in [0.15, 0.2) is 48.8 Å². The Morgan fingerprint density at radius 1 is 1.09 bits per heavy atom. The number of ether oxygens (including phenoxy) is 2. The van der Waals surface area contributed by atoms with Gasteiger partial charge in [0.25, 0.3) is 5.91 Å². The van der Waals surface area contributed by atoms with Gasteiger partial charge in [0, 0.05) is 50.0 Å². The summed E-state index contributed by atoms with van der Waals surface area (Å²) in [6, 6.07) is 8.71. The molecule has 0 radical (unpaired) electrons. The van der Waals surface area contributed by atoms with Crippen LogP contribution >= 0.6 is 0 Å². The minimum absolute atomic E-state index is 0.0481. The first kappa shape index (κ1) is 20.7. The summed E-state index contributed by atoms with van der Waals surface area (Å²) in [5.41, 5.74) is 1.86. The molecule has 0 aliphatic carbocycles. The molecule has 166 valence electrons. The van der Waals surface area contributed by atoms with Gasteiger partial charge in [-0.25, -0.2) is 13.5 Å². The van der Waals surface area contributed by atoms with Crippen LogP contribution in [-0.2, 0) is 9.47 Å². The van der Waals surface area contributed by atoms with Crippen molar-refractivity contribution >= 4 is 5.91 Å². The molecule has 2 aromatic heterocycles. The lowest BCUT2D eigenvalue weighted by molar-refractivity contribution is -0.190. The monoisotopic (exact) mass is 440 g/mol. The van der Waals surface area contributed by atoms with Gasteiger partial charge >= 0.3 is 0 Å². The predicted octanol–water partition coefficient (Wildman–Crippen LogP) is 3.58. The largest absolute Gasteiger partial charge is 0.347 e. The predicted molar refractivity (Wildman–Crippen MR) is 111 cm³/mol. The van der Waals surface area contributed by atoms with Gasteiger partial charge in [-0.3, -0.25) is 9.78 Å². The van der Waals surface area contributed by atoms with Crippen LogP contribution in [-0.4, -0.2) is 57.2 Å². The average molecular weight is 440 g/mol. The molecule has 7 nitrogen and oxygen atoms in total. The number of rotatable bonds is 3. The second kappa shape index (κ2) is 8.07. The average Bonchev–Trinajstić information content (AvgIpc) is 3.41. The van der Waals surface area contributed by atoms with Crippen molar-refractivity contribution in [1.29, 1.82) is 0 Å². The van der Waals surface area contributed by atoms with E-state index in [0.717, 1.165) is 17.7 Å². The number of aromatic nitrogens is 3. The van der Waals surface area contributed by atoms with Crippen LogP contribution in [0.3, 0.4) is 0 Å². The highest BCUT2D eigenvalue weighted by molar-refractivity contribution is 5.93. The van der Waals surface area contributed by atoms with E-state index in [4.69, 9.17) is 9.47 Å². The fourth-order valence-electron chi connectivity index (χ4n) is 4.21. The zero-order valence-electron chi connectivity index (χ0n) is 17.5. The molecule has 3 aromatic rings. The van der Waals surface area contributed by atoms with E-state index in [0.29, 0.717) is 43.9 Å². The van der Waals surface area contributed by atoms with Crippen LogP contribution < -0.4 is 0 Å². The molecule has 2 aliphatic heterocycles. The molecule has 9 heteroatoms. The molecule has 0 N–H and O–H groups in total. The smallest absolute Gasteiger partial charge is 0.274 e. The topological polar surface area (TPSA) is 69.5 Å². The first-order chi connectivity index (χ1) is 15.4. The normalized spacial score (nSPS) is 20.1. The van der Waals surface area contributed by atoms with Crippen molar-refractivity contribution in [3.05, 3.63) is 66.1 Å². The van der Waals surface area contributed by atoms with Gasteiger partial charge in [-0.1, -0.05) is 0 Å². The first-order valence-electron chi connectivity index (χ1n) is 10.5. The highest BCUT2D eigenvalue weighted by atomic mass is 19.2. The third kappa shape index (κ3) is 3.78. The van der Waals surface area contributed by atoms with Gasteiger partial charge in [0.05, 0.1) is 24.1 Å². The van der Waals surface area contributed by atoms with Crippen molar-refractivity contribution in [2.24, 2.45) is 0 Å². The maximum atomic E-state index is 13.9. The Morgan fingerprint density at radius 2 is 1.84 bits per heavy atom. The van der Waals surface area contributed by atoms with Crippen LogP contribution in [0.4, 0.5) is 8.78 Å². The highest BCUT2D eigenvalue weighted by Gasteiger charge is 2.43. The lowest BCUT2D eigenvalue weighted by atomic mass is 10.0. The number of piperidine rings is 1. The standard InChI is InChI=1S/C23H22F2N4O3/c1-15-14-31-23(32-15)6-10-28(11-7-23)22(30)20-13-21(16-4-8-26-9-5-16)29(27-20)17-2-3-18(24)19(25)12-17/h2-5,8-9,12-13,15H,6-7,10-11,14H2,1H3. The van der Waals surface area contributed by atoms with Crippen LogP contribution in [0.2, 0.25) is 0 Å². The molecule has 4 heterocycles. The number of amides is 1. The number of likely N-dealkylation sites (tertiary alicyclic amines) is 1. The zero-order valence-corrected chi connectivity index (χ0v) is 17.5. The van der Waals surface area contributed by atoms with Gasteiger partial charge in [0.1, 0.15) is 0 Å². The van der Waals surface area contributed by atoms with Crippen LogP contribution in [0.1, 0.15) is 30.3 Å². The summed E-state index contributed by atoms with van der Waals surface area (Å²) < 4.78 is 40.6. The summed E-state index contributed by atoms with van der Waals surface area (Å²) in [6.45, 7) is 3.49. The van der Waals surface area contributed by atoms with Crippen LogP contribution in [0.5, 0.6) is 0 Å². The van der Waals surface area contributed by atoms with Crippen LogP contribution in [0.25, 0.3) is 16.9 Å². The molecular weight excluding hydrogens is 418 g/mol. The summed E-state index contributed by atoms with van der Waals surface area (Å²) in [6.07, 6.45) is 4.46. The van der Waals surface area contributed by atoms with Gasteiger partial charge in [-0.05, 0) is 37.3 Å². The van der Waals surface area contributed by atoms with Crippen molar-refractivity contribution in [2.45, 2.75) is 31.7 Å². The van der Waals surface area contributed by atoms with Gasteiger partial charge in [-0.2, -0.15) is 5.10 Å². The number of carbonyl (C=O) groups is 1. The number of hydrogen-bond donors (Lipinski definition) is 0. The van der Waals surface area contributed by atoms with Crippen molar-refractivity contribution in [1.82, 2.24) is 19.7 Å². The minimum atomic E-state index is -0.987. The Bertz CT molecular complexity index is 1140. The Labute approximate surface area is 183 Å². The van der Waals surface area contributed by atoms with E-state index in [1.807, 2.05) is 6.92 Å². The molecule has 0 saturated carbocycles. The van der Waals surface area contributed by atoms with Gasteiger partial charge < -0.3 is 14.4 Å². The number of pyridine rings is 1. The summed E-state index contributed by atoms with van der Waals surface area (Å²) in [4.78, 5) is 19.0. The summed E-state index contributed by atoms with van der Waals surface area (Å²) in [7, 11) is 0. The Balaban J connectivity index is 1.45. The number of nitrogens with zero attached hydrogens (tertiary/aromatic N) is 4.